The summed E-state index contributed by atoms with van der Waals surface area (Å²) in [5.74, 6) is -1.34. The van der Waals surface area contributed by atoms with Crippen molar-refractivity contribution in [1.29, 1.82) is 0 Å². The van der Waals surface area contributed by atoms with Crippen LogP contribution in [-0.4, -0.2) is 52.0 Å². The first-order valence-corrected chi connectivity index (χ1v) is 14.0. The number of aryl methyl sites for hydroxylation is 1. The second-order valence-electron chi connectivity index (χ2n) is 9.61. The second kappa shape index (κ2) is 10.3. The molecular weight excluding hydrogens is 526 g/mol. The summed E-state index contributed by atoms with van der Waals surface area (Å²) in [5.41, 5.74) is 1.05. The van der Waals surface area contributed by atoms with Crippen LogP contribution in [0.1, 0.15) is 16.7 Å². The highest BCUT2D eigenvalue weighted by Gasteiger charge is 2.64. The second-order valence-corrected chi connectivity index (χ2v) is 11.8. The molecule has 3 aromatic carbocycles. The normalized spacial score (nSPS) is 23.9. The first-order valence-electron chi connectivity index (χ1n) is 12.2. The lowest BCUT2D eigenvalue weighted by molar-refractivity contribution is -0.122. The molecule has 2 aliphatic heterocycles. The SMILES string of the molecule is COC[C@@H](O)[C@H]1OC[C@@]2(C(=O)N(S(=O)(=O)c3ccc(C)cc3)c3cc(Cl)ccc32)[C@@H]1/C=C/c1ccccc1. The summed E-state index contributed by atoms with van der Waals surface area (Å²) in [6, 6.07) is 20.7. The topological polar surface area (TPSA) is 93.1 Å². The summed E-state index contributed by atoms with van der Waals surface area (Å²) in [5, 5.41) is 11.2. The summed E-state index contributed by atoms with van der Waals surface area (Å²) in [6.07, 6.45) is 1.82. The van der Waals surface area contributed by atoms with E-state index in [0.717, 1.165) is 15.4 Å². The Balaban J connectivity index is 1.68. The van der Waals surface area contributed by atoms with Crippen molar-refractivity contribution in [2.24, 2.45) is 5.92 Å². The third-order valence-corrected chi connectivity index (χ3v) is 9.17. The van der Waals surface area contributed by atoms with Gasteiger partial charge >= 0.3 is 0 Å². The molecule has 2 heterocycles. The zero-order valence-corrected chi connectivity index (χ0v) is 22.5. The van der Waals surface area contributed by atoms with E-state index in [1.165, 1.54) is 25.3 Å². The van der Waals surface area contributed by atoms with Crippen molar-refractivity contribution in [3.8, 4) is 0 Å². The summed E-state index contributed by atoms with van der Waals surface area (Å²) in [4.78, 5) is 14.4. The summed E-state index contributed by atoms with van der Waals surface area (Å²) < 4.78 is 39.9. The van der Waals surface area contributed by atoms with Gasteiger partial charge in [0, 0.05) is 18.1 Å². The number of aliphatic hydroxyl groups is 1. The lowest BCUT2D eigenvalue weighted by Crippen LogP contribution is -2.49. The molecule has 0 radical (unpaired) electrons. The molecular formula is C29H28ClNO6S. The largest absolute Gasteiger partial charge is 0.388 e. The predicted octanol–water partition coefficient (Wildman–Crippen LogP) is 4.36. The zero-order valence-electron chi connectivity index (χ0n) is 21.0. The van der Waals surface area contributed by atoms with Gasteiger partial charge in [0.1, 0.15) is 11.5 Å². The van der Waals surface area contributed by atoms with Gasteiger partial charge in [-0.3, -0.25) is 4.79 Å². The highest BCUT2D eigenvalue weighted by atomic mass is 35.5. The molecule has 1 fully saturated rings. The molecule has 0 saturated carbocycles. The molecule has 1 amide bonds. The van der Waals surface area contributed by atoms with E-state index in [2.05, 4.69) is 0 Å². The monoisotopic (exact) mass is 553 g/mol. The number of amides is 1. The molecule has 0 bridgehead atoms. The maximum absolute atomic E-state index is 14.4. The van der Waals surface area contributed by atoms with Crippen LogP contribution in [0.3, 0.4) is 0 Å². The van der Waals surface area contributed by atoms with E-state index >= 15 is 0 Å². The Hall–Kier alpha value is -3.01. The maximum atomic E-state index is 14.4. The van der Waals surface area contributed by atoms with Crippen molar-refractivity contribution in [3.63, 3.8) is 0 Å². The zero-order chi connectivity index (χ0) is 27.1. The minimum absolute atomic E-state index is 0.00862. The number of anilines is 1. The van der Waals surface area contributed by atoms with Crippen LogP contribution in [0.2, 0.25) is 5.02 Å². The number of ether oxygens (including phenoxy) is 2. The van der Waals surface area contributed by atoms with Crippen LogP contribution in [0, 0.1) is 12.8 Å². The summed E-state index contributed by atoms with van der Waals surface area (Å²) >= 11 is 6.31. The molecule has 1 N–H and O–H groups in total. The molecule has 38 heavy (non-hydrogen) atoms. The molecule has 3 aromatic rings. The van der Waals surface area contributed by atoms with Gasteiger partial charge in [0.2, 0.25) is 0 Å². The highest BCUT2D eigenvalue weighted by molar-refractivity contribution is 7.93. The quantitative estimate of drug-likeness (QED) is 0.467. The number of aliphatic hydroxyl groups excluding tert-OH is 1. The Labute approximate surface area is 227 Å². The van der Waals surface area contributed by atoms with Gasteiger partial charge in [0.25, 0.3) is 15.9 Å². The van der Waals surface area contributed by atoms with E-state index in [0.29, 0.717) is 10.6 Å². The van der Waals surface area contributed by atoms with Crippen LogP contribution in [0.25, 0.3) is 6.08 Å². The van der Waals surface area contributed by atoms with Gasteiger partial charge in [0.05, 0.1) is 29.9 Å². The van der Waals surface area contributed by atoms with E-state index < -0.39 is 39.5 Å². The lowest BCUT2D eigenvalue weighted by Gasteiger charge is -2.30. The first-order chi connectivity index (χ1) is 18.2. The fraction of sp³-hybridized carbons (Fsp3) is 0.276. The number of sulfonamides is 1. The van der Waals surface area contributed by atoms with E-state index in [9.17, 15) is 18.3 Å². The average Bonchev–Trinajstić information content (AvgIpc) is 3.40. The average molecular weight is 554 g/mol. The van der Waals surface area contributed by atoms with Crippen molar-refractivity contribution in [2.75, 3.05) is 24.6 Å². The lowest BCUT2D eigenvalue weighted by atomic mass is 9.70. The van der Waals surface area contributed by atoms with Crippen LogP contribution in [0.15, 0.2) is 83.8 Å². The molecule has 5 rings (SSSR count). The molecule has 1 spiro atoms. The third-order valence-electron chi connectivity index (χ3n) is 7.22. The number of hydrogen-bond donors (Lipinski definition) is 1. The minimum Gasteiger partial charge on any atom is -0.388 e. The summed E-state index contributed by atoms with van der Waals surface area (Å²) in [6.45, 7) is 1.73. The number of fused-ring (bicyclic) bond motifs is 2. The molecule has 0 aliphatic carbocycles. The number of carbonyl (C=O) groups is 1. The summed E-state index contributed by atoms with van der Waals surface area (Å²) in [7, 11) is -2.81. The number of carbonyl (C=O) groups excluding carboxylic acids is 1. The van der Waals surface area contributed by atoms with Crippen molar-refractivity contribution >= 4 is 39.3 Å². The Bertz CT molecular complexity index is 1470. The number of benzene rings is 3. The minimum atomic E-state index is -4.28. The molecule has 9 heteroatoms. The van der Waals surface area contributed by atoms with Crippen molar-refractivity contribution in [3.05, 3.63) is 101 Å². The van der Waals surface area contributed by atoms with Crippen LogP contribution in [0.4, 0.5) is 5.69 Å². The highest BCUT2D eigenvalue weighted by Crippen LogP contribution is 2.54. The number of nitrogens with zero attached hydrogens (tertiary/aromatic N) is 1. The fourth-order valence-electron chi connectivity index (χ4n) is 5.35. The van der Waals surface area contributed by atoms with Crippen molar-refractivity contribution in [2.45, 2.75) is 29.4 Å². The van der Waals surface area contributed by atoms with Crippen LogP contribution < -0.4 is 4.31 Å². The first kappa shape index (κ1) is 26.6. The van der Waals surface area contributed by atoms with E-state index in [4.69, 9.17) is 21.1 Å². The number of halogens is 1. The molecule has 0 aromatic heterocycles. The molecule has 4 atom stereocenters. The van der Waals surface area contributed by atoms with Gasteiger partial charge in [-0.1, -0.05) is 77.8 Å². The van der Waals surface area contributed by atoms with Gasteiger partial charge in [0.15, 0.2) is 0 Å². The molecule has 198 valence electrons. The Morgan fingerprint density at radius 2 is 1.87 bits per heavy atom. The molecule has 0 unspecified atom stereocenters. The molecule has 2 aliphatic rings. The fourth-order valence-corrected chi connectivity index (χ4v) is 7.00. The number of methoxy groups -OCH3 is 1. The van der Waals surface area contributed by atoms with Gasteiger partial charge in [-0.25, -0.2) is 12.7 Å². The maximum Gasteiger partial charge on any atom is 0.270 e. The number of hydrogen-bond acceptors (Lipinski definition) is 6. The van der Waals surface area contributed by atoms with Crippen LogP contribution in [-0.2, 0) is 29.7 Å². The van der Waals surface area contributed by atoms with E-state index in [1.807, 2.05) is 49.4 Å². The van der Waals surface area contributed by atoms with E-state index in [-0.39, 0.29) is 23.8 Å². The van der Waals surface area contributed by atoms with Crippen molar-refractivity contribution < 1.29 is 27.8 Å². The van der Waals surface area contributed by atoms with Gasteiger partial charge in [-0.15, -0.1) is 0 Å². The molecule has 1 saturated heterocycles. The molecule has 7 nitrogen and oxygen atoms in total. The number of rotatable bonds is 7. The van der Waals surface area contributed by atoms with E-state index in [1.54, 1.807) is 24.3 Å². The van der Waals surface area contributed by atoms with Gasteiger partial charge in [-0.05, 0) is 42.3 Å². The van der Waals surface area contributed by atoms with Crippen LogP contribution in [0.5, 0.6) is 0 Å². The smallest absolute Gasteiger partial charge is 0.270 e. The Morgan fingerprint density at radius 1 is 1.16 bits per heavy atom. The Morgan fingerprint density at radius 3 is 2.55 bits per heavy atom. The standard InChI is InChI=1S/C29H28ClNO6S/c1-19-8-12-22(13-9-19)38(34,35)31-25-16-21(30)11-15-23(25)29(28(31)33)18-37-27(26(32)17-36-2)24(29)14-10-20-6-4-3-5-7-20/h3-16,24,26-27,32H,17-18H2,1-2H3/b14-10+/t24-,26-,27+,29+/m1/s1. The van der Waals surface area contributed by atoms with Crippen LogP contribution >= 0.6 is 11.6 Å². The Kier molecular flexibility index (Phi) is 7.19. The van der Waals surface area contributed by atoms with Gasteiger partial charge < -0.3 is 14.6 Å². The predicted molar refractivity (Wildman–Crippen MR) is 146 cm³/mol. The third kappa shape index (κ3) is 4.36. The van der Waals surface area contributed by atoms with Crippen molar-refractivity contribution in [1.82, 2.24) is 0 Å². The van der Waals surface area contributed by atoms with Gasteiger partial charge in [-0.2, -0.15) is 0 Å².